The predicted molar refractivity (Wildman–Crippen MR) is 81.2 cm³/mol. The molecule has 3 N–H and O–H groups in total. The van der Waals surface area contributed by atoms with Crippen molar-refractivity contribution in [3.63, 3.8) is 0 Å². The van der Waals surface area contributed by atoms with Gasteiger partial charge in [0.2, 0.25) is 0 Å². The predicted octanol–water partition coefficient (Wildman–Crippen LogP) is 2.09. The molecule has 0 aliphatic rings. The largest absolute Gasteiger partial charge is 0.347 e. The van der Waals surface area contributed by atoms with Crippen molar-refractivity contribution in [3.8, 4) is 11.8 Å². The van der Waals surface area contributed by atoms with Crippen molar-refractivity contribution in [1.82, 2.24) is 10.3 Å². The maximum atomic E-state index is 12.3. The van der Waals surface area contributed by atoms with Crippen LogP contribution in [0.15, 0.2) is 18.5 Å². The first-order chi connectivity index (χ1) is 9.60. The highest BCUT2D eigenvalue weighted by molar-refractivity contribution is 5.94. The molecule has 0 radical (unpaired) electrons. The SMILES string of the molecule is CCC(CC)(CC)NC(=O)c1cncc(C#CCN)c1. The van der Waals surface area contributed by atoms with E-state index in [9.17, 15) is 4.79 Å². The first kappa shape index (κ1) is 16.2. The molecule has 20 heavy (non-hydrogen) atoms. The zero-order chi connectivity index (χ0) is 15.0. The third kappa shape index (κ3) is 4.07. The van der Waals surface area contributed by atoms with Crippen LogP contribution in [0.5, 0.6) is 0 Å². The minimum Gasteiger partial charge on any atom is -0.347 e. The Morgan fingerprint density at radius 1 is 1.30 bits per heavy atom. The number of nitrogens with two attached hydrogens (primary N) is 1. The number of carbonyl (C=O) groups is 1. The number of pyridine rings is 1. The van der Waals surface area contributed by atoms with Gasteiger partial charge in [-0.2, -0.15) is 0 Å². The minimum atomic E-state index is -0.143. The second kappa shape index (κ2) is 7.66. The van der Waals surface area contributed by atoms with Crippen LogP contribution < -0.4 is 11.1 Å². The average Bonchev–Trinajstić information content (AvgIpc) is 2.51. The molecule has 0 spiro atoms. The van der Waals surface area contributed by atoms with Gasteiger partial charge < -0.3 is 11.1 Å². The molecule has 0 aromatic carbocycles. The Bertz CT molecular complexity index is 502. The monoisotopic (exact) mass is 273 g/mol. The second-order valence-electron chi connectivity index (χ2n) is 4.76. The van der Waals surface area contributed by atoms with Gasteiger partial charge in [0.15, 0.2) is 0 Å². The lowest BCUT2D eigenvalue weighted by Gasteiger charge is -2.31. The fraction of sp³-hybridized carbons (Fsp3) is 0.500. The highest BCUT2D eigenvalue weighted by Crippen LogP contribution is 2.20. The van der Waals surface area contributed by atoms with Gasteiger partial charge in [-0.25, -0.2) is 0 Å². The molecule has 108 valence electrons. The van der Waals surface area contributed by atoms with Gasteiger partial charge in [0.1, 0.15) is 0 Å². The van der Waals surface area contributed by atoms with Gasteiger partial charge in [0, 0.05) is 23.5 Å². The maximum Gasteiger partial charge on any atom is 0.253 e. The smallest absolute Gasteiger partial charge is 0.253 e. The number of hydrogen-bond donors (Lipinski definition) is 2. The first-order valence-corrected chi connectivity index (χ1v) is 7.07. The van der Waals surface area contributed by atoms with E-state index < -0.39 is 0 Å². The van der Waals surface area contributed by atoms with Crippen molar-refractivity contribution in [2.24, 2.45) is 5.73 Å². The summed E-state index contributed by atoms with van der Waals surface area (Å²) in [4.78, 5) is 16.4. The summed E-state index contributed by atoms with van der Waals surface area (Å²) in [6, 6.07) is 1.75. The third-order valence-electron chi connectivity index (χ3n) is 3.74. The van der Waals surface area contributed by atoms with Crippen molar-refractivity contribution in [2.45, 2.75) is 45.6 Å². The molecule has 4 nitrogen and oxygen atoms in total. The van der Waals surface area contributed by atoms with Crippen LogP contribution in [0.1, 0.15) is 56.0 Å². The molecule has 0 aliphatic heterocycles. The summed E-state index contributed by atoms with van der Waals surface area (Å²) in [6.45, 7) is 6.57. The topological polar surface area (TPSA) is 68.0 Å². The quantitative estimate of drug-likeness (QED) is 0.807. The summed E-state index contributed by atoms with van der Waals surface area (Å²) in [5.74, 6) is 5.55. The van der Waals surface area contributed by atoms with Gasteiger partial charge >= 0.3 is 0 Å². The Balaban J connectivity index is 2.92. The molecule has 0 saturated carbocycles. The number of nitrogens with one attached hydrogen (secondary N) is 1. The Kier molecular flexibility index (Phi) is 6.20. The lowest BCUT2D eigenvalue weighted by molar-refractivity contribution is 0.0888. The number of aromatic nitrogens is 1. The lowest BCUT2D eigenvalue weighted by atomic mass is 9.89. The van der Waals surface area contributed by atoms with Crippen LogP contribution in [0, 0.1) is 11.8 Å². The van der Waals surface area contributed by atoms with E-state index >= 15 is 0 Å². The fourth-order valence-corrected chi connectivity index (χ4v) is 2.11. The number of rotatable bonds is 5. The molecule has 1 heterocycles. The minimum absolute atomic E-state index is 0.0977. The van der Waals surface area contributed by atoms with Crippen molar-refractivity contribution in [1.29, 1.82) is 0 Å². The molecule has 0 atom stereocenters. The van der Waals surface area contributed by atoms with Crippen molar-refractivity contribution >= 4 is 5.91 Å². The van der Waals surface area contributed by atoms with Gasteiger partial charge in [-0.05, 0) is 25.3 Å². The van der Waals surface area contributed by atoms with Crippen LogP contribution in [0.4, 0.5) is 0 Å². The van der Waals surface area contributed by atoms with Crippen LogP contribution in [0.25, 0.3) is 0 Å². The molecule has 1 aromatic rings. The van der Waals surface area contributed by atoms with E-state index in [1.165, 1.54) is 0 Å². The Hall–Kier alpha value is -1.86. The van der Waals surface area contributed by atoms with E-state index in [2.05, 4.69) is 42.9 Å². The average molecular weight is 273 g/mol. The molecule has 1 aromatic heterocycles. The van der Waals surface area contributed by atoms with E-state index in [1.54, 1.807) is 18.5 Å². The molecule has 0 saturated heterocycles. The lowest BCUT2D eigenvalue weighted by Crippen LogP contribution is -2.47. The van der Waals surface area contributed by atoms with E-state index in [1.807, 2.05) is 0 Å². The zero-order valence-corrected chi connectivity index (χ0v) is 12.5. The van der Waals surface area contributed by atoms with Crippen LogP contribution in [0.3, 0.4) is 0 Å². The Labute approximate surface area is 121 Å². The van der Waals surface area contributed by atoms with Crippen LogP contribution >= 0.6 is 0 Å². The zero-order valence-electron chi connectivity index (χ0n) is 12.5. The molecule has 0 aliphatic carbocycles. The summed E-state index contributed by atoms with van der Waals surface area (Å²) in [5, 5.41) is 3.13. The molecular formula is C16H23N3O. The Morgan fingerprint density at radius 2 is 1.95 bits per heavy atom. The van der Waals surface area contributed by atoms with Gasteiger partial charge in [0.25, 0.3) is 5.91 Å². The summed E-state index contributed by atoms with van der Waals surface area (Å²) >= 11 is 0. The van der Waals surface area contributed by atoms with Crippen LogP contribution in [-0.2, 0) is 0 Å². The summed E-state index contributed by atoms with van der Waals surface area (Å²) in [7, 11) is 0. The van der Waals surface area contributed by atoms with Crippen LogP contribution in [0.2, 0.25) is 0 Å². The van der Waals surface area contributed by atoms with Crippen molar-refractivity contribution in [3.05, 3.63) is 29.6 Å². The molecule has 1 rings (SSSR count). The van der Waals surface area contributed by atoms with E-state index in [0.29, 0.717) is 17.7 Å². The van der Waals surface area contributed by atoms with Crippen LogP contribution in [-0.4, -0.2) is 23.0 Å². The van der Waals surface area contributed by atoms with Crippen molar-refractivity contribution < 1.29 is 4.79 Å². The molecule has 0 bridgehead atoms. The summed E-state index contributed by atoms with van der Waals surface area (Å²) < 4.78 is 0. The summed E-state index contributed by atoms with van der Waals surface area (Å²) in [6.07, 6.45) is 5.92. The first-order valence-electron chi connectivity index (χ1n) is 7.07. The Morgan fingerprint density at radius 3 is 2.50 bits per heavy atom. The fourth-order valence-electron chi connectivity index (χ4n) is 2.11. The van der Waals surface area contributed by atoms with Gasteiger partial charge in [-0.15, -0.1) is 0 Å². The van der Waals surface area contributed by atoms with Gasteiger partial charge in [-0.1, -0.05) is 32.6 Å². The van der Waals surface area contributed by atoms with E-state index in [-0.39, 0.29) is 11.4 Å². The van der Waals surface area contributed by atoms with Gasteiger partial charge in [-0.3, -0.25) is 9.78 Å². The molecule has 0 fully saturated rings. The van der Waals surface area contributed by atoms with E-state index in [0.717, 1.165) is 19.3 Å². The number of hydrogen-bond acceptors (Lipinski definition) is 3. The normalized spacial score (nSPS) is 10.6. The van der Waals surface area contributed by atoms with Gasteiger partial charge in [0.05, 0.1) is 12.1 Å². The third-order valence-corrected chi connectivity index (χ3v) is 3.74. The second-order valence-corrected chi connectivity index (χ2v) is 4.76. The highest BCUT2D eigenvalue weighted by atomic mass is 16.1. The number of nitrogens with zero attached hydrogens (tertiary/aromatic N) is 1. The highest BCUT2D eigenvalue weighted by Gasteiger charge is 2.26. The standard InChI is InChI=1S/C16H23N3O/c1-4-16(5-2,6-3)19-15(20)14-10-13(8-7-9-17)11-18-12-14/h10-12H,4-6,9,17H2,1-3H3,(H,19,20). The molecule has 1 amide bonds. The van der Waals surface area contributed by atoms with E-state index in [4.69, 9.17) is 5.73 Å². The maximum absolute atomic E-state index is 12.3. The number of amides is 1. The summed E-state index contributed by atoms with van der Waals surface area (Å²) in [5.41, 5.74) is 6.44. The molecule has 4 heteroatoms. The molecular weight excluding hydrogens is 250 g/mol. The molecule has 0 unspecified atom stereocenters. The number of carbonyl (C=O) groups excluding carboxylic acids is 1. The van der Waals surface area contributed by atoms with Crippen molar-refractivity contribution in [2.75, 3.05) is 6.54 Å².